The van der Waals surface area contributed by atoms with Gasteiger partial charge < -0.3 is 9.30 Å². The van der Waals surface area contributed by atoms with Gasteiger partial charge in [-0.2, -0.15) is 0 Å². The van der Waals surface area contributed by atoms with E-state index in [4.69, 9.17) is 0 Å². The number of pyridine rings is 1. The zero-order chi connectivity index (χ0) is 18.5. The number of amides is 1. The third kappa shape index (κ3) is 4.21. The van der Waals surface area contributed by atoms with Crippen LogP contribution in [0, 0.1) is 5.92 Å². The molecule has 0 unspecified atom stereocenters. The van der Waals surface area contributed by atoms with Crippen LogP contribution >= 0.6 is 0 Å². The van der Waals surface area contributed by atoms with E-state index in [1.807, 2.05) is 65.8 Å². The highest BCUT2D eigenvalue weighted by atomic mass is 16.2. The first-order chi connectivity index (χ1) is 13.3. The van der Waals surface area contributed by atoms with E-state index in [2.05, 4.69) is 9.38 Å². The van der Waals surface area contributed by atoms with E-state index in [0.29, 0.717) is 13.0 Å². The molecule has 0 bridgehead atoms. The zero-order valence-electron chi connectivity index (χ0n) is 15.8. The third-order valence-electron chi connectivity index (χ3n) is 5.67. The second-order valence-corrected chi connectivity index (χ2v) is 7.54. The Hall–Kier alpha value is -2.62. The van der Waals surface area contributed by atoms with Crippen LogP contribution in [-0.4, -0.2) is 15.3 Å². The molecule has 0 saturated heterocycles. The number of fused-ring (bicyclic) bond motifs is 1. The second kappa shape index (κ2) is 8.38. The number of benzene rings is 1. The average molecular weight is 361 g/mol. The number of nitrogens with zero attached hydrogens (tertiary/aromatic N) is 3. The van der Waals surface area contributed by atoms with Crippen molar-refractivity contribution in [3.05, 3.63) is 66.6 Å². The molecule has 0 aliphatic heterocycles. The molecule has 1 fully saturated rings. The van der Waals surface area contributed by atoms with E-state index in [-0.39, 0.29) is 5.91 Å². The lowest BCUT2D eigenvalue weighted by Crippen LogP contribution is -2.31. The summed E-state index contributed by atoms with van der Waals surface area (Å²) < 4.78 is 2.06. The van der Waals surface area contributed by atoms with Crippen molar-refractivity contribution in [2.75, 3.05) is 4.90 Å². The van der Waals surface area contributed by atoms with Crippen molar-refractivity contribution in [1.29, 1.82) is 0 Å². The lowest BCUT2D eigenvalue weighted by atomic mass is 9.86. The van der Waals surface area contributed by atoms with E-state index in [9.17, 15) is 4.79 Å². The molecule has 140 valence electrons. The Kier molecular flexibility index (Phi) is 5.52. The lowest BCUT2D eigenvalue weighted by Gasteiger charge is -2.25. The second-order valence-electron chi connectivity index (χ2n) is 7.54. The van der Waals surface area contributed by atoms with Crippen LogP contribution < -0.4 is 4.90 Å². The van der Waals surface area contributed by atoms with Crippen molar-refractivity contribution in [2.24, 2.45) is 5.92 Å². The van der Waals surface area contributed by atoms with Crippen LogP contribution in [0.4, 0.5) is 5.69 Å². The van der Waals surface area contributed by atoms with Crippen molar-refractivity contribution in [2.45, 2.75) is 51.5 Å². The van der Waals surface area contributed by atoms with Gasteiger partial charge in [-0.15, -0.1) is 0 Å². The maximum absolute atomic E-state index is 13.1. The fraction of sp³-hybridized carbons (Fsp3) is 0.391. The number of imidazole rings is 1. The molecule has 2 heterocycles. The quantitative estimate of drug-likeness (QED) is 0.603. The molecule has 0 radical (unpaired) electrons. The van der Waals surface area contributed by atoms with Gasteiger partial charge in [-0.25, -0.2) is 4.98 Å². The molecular formula is C23H27N3O. The summed E-state index contributed by atoms with van der Waals surface area (Å²) in [7, 11) is 0. The lowest BCUT2D eigenvalue weighted by molar-refractivity contribution is -0.119. The Morgan fingerprint density at radius 2 is 1.81 bits per heavy atom. The molecule has 27 heavy (non-hydrogen) atoms. The fourth-order valence-corrected chi connectivity index (χ4v) is 4.13. The summed E-state index contributed by atoms with van der Waals surface area (Å²) in [5, 5.41) is 0. The van der Waals surface area contributed by atoms with Crippen molar-refractivity contribution in [3.8, 4) is 0 Å². The molecule has 1 saturated carbocycles. The molecule has 1 aromatic carbocycles. The Balaban J connectivity index is 1.52. The van der Waals surface area contributed by atoms with Gasteiger partial charge in [0.1, 0.15) is 5.65 Å². The summed E-state index contributed by atoms with van der Waals surface area (Å²) in [5.41, 5.74) is 2.90. The number of hydrogen-bond acceptors (Lipinski definition) is 2. The summed E-state index contributed by atoms with van der Waals surface area (Å²) in [6.07, 6.45) is 12.1. The summed E-state index contributed by atoms with van der Waals surface area (Å²) >= 11 is 0. The Morgan fingerprint density at radius 3 is 2.63 bits per heavy atom. The molecule has 2 aromatic heterocycles. The van der Waals surface area contributed by atoms with Crippen LogP contribution in [0.1, 0.15) is 50.6 Å². The average Bonchev–Trinajstić information content (AvgIpc) is 3.14. The van der Waals surface area contributed by atoms with E-state index < -0.39 is 0 Å². The van der Waals surface area contributed by atoms with Gasteiger partial charge in [0, 0.05) is 18.3 Å². The van der Waals surface area contributed by atoms with Crippen LogP contribution in [0.15, 0.2) is 60.9 Å². The van der Waals surface area contributed by atoms with Gasteiger partial charge in [-0.05, 0) is 36.6 Å². The largest absolute Gasteiger partial charge is 0.306 e. The van der Waals surface area contributed by atoms with Gasteiger partial charge >= 0.3 is 0 Å². The number of rotatable bonds is 6. The van der Waals surface area contributed by atoms with Crippen LogP contribution in [-0.2, 0) is 11.3 Å². The van der Waals surface area contributed by atoms with Crippen molar-refractivity contribution in [3.63, 3.8) is 0 Å². The maximum Gasteiger partial charge on any atom is 0.227 e. The fourth-order valence-electron chi connectivity index (χ4n) is 4.13. The number of carbonyl (C=O) groups is 1. The van der Waals surface area contributed by atoms with Gasteiger partial charge in [0.2, 0.25) is 5.91 Å². The summed E-state index contributed by atoms with van der Waals surface area (Å²) in [6, 6.07) is 16.0. The van der Waals surface area contributed by atoms with Gasteiger partial charge in [-0.1, -0.05) is 56.4 Å². The number of aromatic nitrogens is 2. The van der Waals surface area contributed by atoms with E-state index >= 15 is 0 Å². The zero-order valence-corrected chi connectivity index (χ0v) is 15.8. The normalized spacial score (nSPS) is 15.1. The Bertz CT molecular complexity index is 881. The van der Waals surface area contributed by atoms with Crippen LogP contribution in [0.5, 0.6) is 0 Å². The summed E-state index contributed by atoms with van der Waals surface area (Å²) in [5.74, 6) is 0.925. The molecule has 0 atom stereocenters. The first-order valence-corrected chi connectivity index (χ1v) is 10.1. The van der Waals surface area contributed by atoms with Gasteiger partial charge in [0.05, 0.1) is 18.4 Å². The molecule has 1 aliphatic rings. The van der Waals surface area contributed by atoms with Gasteiger partial charge in [0.15, 0.2) is 0 Å². The predicted octanol–water partition coefficient (Wildman–Crippen LogP) is 5.23. The number of carbonyl (C=O) groups excluding carboxylic acids is 1. The maximum atomic E-state index is 13.1. The number of anilines is 1. The Labute approximate surface area is 160 Å². The monoisotopic (exact) mass is 361 g/mol. The van der Waals surface area contributed by atoms with Crippen molar-refractivity contribution < 1.29 is 4.79 Å². The molecule has 1 aliphatic carbocycles. The molecule has 4 heteroatoms. The standard InChI is InChI=1S/C23H27N3O/c27-23(15-14-19-9-3-1-4-10-19)26(20-11-5-2-6-12-20)18-21-17-24-22-13-7-8-16-25(21)22/h2,5-8,11-13,16-17,19H,1,3-4,9-10,14-15,18H2. The SMILES string of the molecule is O=C(CCC1CCCCC1)N(Cc1cnc2ccccn12)c1ccccc1. The van der Waals surface area contributed by atoms with Gasteiger partial charge in [-0.3, -0.25) is 4.79 Å². The molecular weight excluding hydrogens is 334 g/mol. The molecule has 0 N–H and O–H groups in total. The van der Waals surface area contributed by atoms with Gasteiger partial charge in [0.25, 0.3) is 0 Å². The summed E-state index contributed by atoms with van der Waals surface area (Å²) in [6.45, 7) is 0.540. The molecule has 4 rings (SSSR count). The highest BCUT2D eigenvalue weighted by molar-refractivity contribution is 5.93. The third-order valence-corrected chi connectivity index (χ3v) is 5.67. The van der Waals surface area contributed by atoms with Crippen LogP contribution in [0.2, 0.25) is 0 Å². The minimum absolute atomic E-state index is 0.206. The number of hydrogen-bond donors (Lipinski definition) is 0. The topological polar surface area (TPSA) is 37.6 Å². The number of para-hydroxylation sites is 1. The van der Waals surface area contributed by atoms with E-state index in [0.717, 1.165) is 29.4 Å². The van der Waals surface area contributed by atoms with Crippen LogP contribution in [0.25, 0.3) is 5.65 Å². The first-order valence-electron chi connectivity index (χ1n) is 10.1. The van der Waals surface area contributed by atoms with Crippen LogP contribution in [0.3, 0.4) is 0 Å². The van der Waals surface area contributed by atoms with Crippen molar-refractivity contribution >= 4 is 17.2 Å². The highest BCUT2D eigenvalue weighted by Crippen LogP contribution is 2.28. The minimum Gasteiger partial charge on any atom is -0.306 e. The molecule has 4 nitrogen and oxygen atoms in total. The smallest absolute Gasteiger partial charge is 0.227 e. The predicted molar refractivity (Wildman–Crippen MR) is 109 cm³/mol. The minimum atomic E-state index is 0.206. The Morgan fingerprint density at radius 1 is 1.04 bits per heavy atom. The molecule has 0 spiro atoms. The highest BCUT2D eigenvalue weighted by Gasteiger charge is 2.20. The summed E-state index contributed by atoms with van der Waals surface area (Å²) in [4.78, 5) is 19.5. The molecule has 3 aromatic rings. The van der Waals surface area contributed by atoms with E-state index in [1.54, 1.807) is 0 Å². The van der Waals surface area contributed by atoms with Crippen molar-refractivity contribution in [1.82, 2.24) is 9.38 Å². The first kappa shape index (κ1) is 17.8. The molecule has 1 amide bonds. The van der Waals surface area contributed by atoms with E-state index in [1.165, 1.54) is 32.1 Å².